The first-order valence-electron chi connectivity index (χ1n) is 5.94. The molecule has 0 atom stereocenters. The molecule has 17 heavy (non-hydrogen) atoms. The minimum absolute atomic E-state index is 0.399. The molecule has 0 aliphatic rings. The largest absolute Gasteiger partial charge is 0.331 e. The van der Waals surface area contributed by atoms with Crippen molar-refractivity contribution >= 4 is 7.60 Å². The van der Waals surface area contributed by atoms with E-state index in [0.29, 0.717) is 25.9 Å². The zero-order valence-electron chi connectivity index (χ0n) is 10.9. The first kappa shape index (κ1) is 16.6. The van der Waals surface area contributed by atoms with Crippen LogP contribution >= 0.6 is 7.60 Å². The van der Waals surface area contributed by atoms with E-state index in [1.165, 1.54) is 0 Å². The summed E-state index contributed by atoms with van der Waals surface area (Å²) in [6.45, 7) is 14.0. The zero-order valence-corrected chi connectivity index (χ0v) is 11.8. The lowest BCUT2D eigenvalue weighted by Crippen LogP contribution is -2.27. The van der Waals surface area contributed by atoms with Gasteiger partial charge in [-0.1, -0.05) is 12.2 Å². The first-order valence-corrected chi connectivity index (χ1v) is 7.67. The molecule has 0 N–H and O–H groups in total. The third-order valence-corrected chi connectivity index (χ3v) is 4.17. The monoisotopic (exact) mass is 261 g/mol. The van der Waals surface area contributed by atoms with Crippen molar-refractivity contribution in [3.05, 3.63) is 25.3 Å². The Kier molecular flexibility index (Phi) is 9.37. The Hall–Kier alpha value is -0.410. The van der Waals surface area contributed by atoms with Crippen LogP contribution in [0.25, 0.3) is 0 Å². The molecule has 0 aliphatic heterocycles. The van der Waals surface area contributed by atoms with Crippen molar-refractivity contribution in [2.24, 2.45) is 0 Å². The summed E-state index contributed by atoms with van der Waals surface area (Å²) in [4.78, 5) is 2.09. The maximum Gasteiger partial charge on any atom is 0.331 e. The fourth-order valence-corrected chi connectivity index (χ4v) is 3.09. The number of hydrogen-bond donors (Lipinski definition) is 0. The molecule has 100 valence electrons. The molecule has 0 spiro atoms. The first-order chi connectivity index (χ1) is 8.11. The van der Waals surface area contributed by atoms with Gasteiger partial charge in [-0.25, -0.2) is 0 Å². The standard InChI is InChI=1S/C12H24NO3P/c1-5-9-13(10-6-2)11-12-17(14,15-7-3)16-8-4/h5-6H,1-2,7-12H2,3-4H3. The Morgan fingerprint density at radius 2 is 1.59 bits per heavy atom. The fraction of sp³-hybridized carbons (Fsp3) is 0.667. The predicted octanol–water partition coefficient (Wildman–Crippen LogP) is 2.93. The average Bonchev–Trinajstić information content (AvgIpc) is 2.27. The Labute approximate surface area is 105 Å². The van der Waals surface area contributed by atoms with Crippen LogP contribution in [-0.4, -0.2) is 43.9 Å². The van der Waals surface area contributed by atoms with Gasteiger partial charge in [0.25, 0.3) is 0 Å². The highest BCUT2D eigenvalue weighted by Gasteiger charge is 2.23. The average molecular weight is 261 g/mol. The van der Waals surface area contributed by atoms with Gasteiger partial charge in [-0.3, -0.25) is 9.46 Å². The number of nitrogens with zero attached hydrogens (tertiary/aromatic N) is 1. The third kappa shape index (κ3) is 7.50. The van der Waals surface area contributed by atoms with Crippen molar-refractivity contribution in [3.63, 3.8) is 0 Å². The summed E-state index contributed by atoms with van der Waals surface area (Å²) in [5.74, 6) is 0. The highest BCUT2D eigenvalue weighted by Crippen LogP contribution is 2.47. The third-order valence-electron chi connectivity index (χ3n) is 2.12. The second-order valence-corrected chi connectivity index (χ2v) is 5.69. The quantitative estimate of drug-likeness (QED) is 0.423. The molecule has 0 radical (unpaired) electrons. The van der Waals surface area contributed by atoms with Crippen LogP contribution in [0.4, 0.5) is 0 Å². The molecular weight excluding hydrogens is 237 g/mol. The second kappa shape index (κ2) is 9.60. The molecule has 0 aromatic rings. The Balaban J connectivity index is 4.29. The van der Waals surface area contributed by atoms with E-state index in [1.54, 1.807) is 0 Å². The van der Waals surface area contributed by atoms with Crippen molar-refractivity contribution in [3.8, 4) is 0 Å². The lowest BCUT2D eigenvalue weighted by molar-refractivity contribution is 0.215. The van der Waals surface area contributed by atoms with Crippen molar-refractivity contribution in [2.45, 2.75) is 13.8 Å². The lowest BCUT2D eigenvalue weighted by atomic mass is 10.4. The highest BCUT2D eigenvalue weighted by atomic mass is 31.2. The minimum atomic E-state index is -2.93. The normalized spacial score (nSPS) is 11.7. The molecule has 0 aromatic heterocycles. The van der Waals surface area contributed by atoms with Crippen LogP contribution < -0.4 is 0 Å². The lowest BCUT2D eigenvalue weighted by Gasteiger charge is -2.22. The Morgan fingerprint density at radius 3 is 1.94 bits per heavy atom. The molecule has 4 nitrogen and oxygen atoms in total. The van der Waals surface area contributed by atoms with Gasteiger partial charge in [0.05, 0.1) is 19.4 Å². The SMILES string of the molecule is C=CCN(CC=C)CCP(=O)(OCC)OCC. The number of rotatable bonds is 11. The van der Waals surface area contributed by atoms with Gasteiger partial charge in [-0.2, -0.15) is 0 Å². The molecule has 0 aromatic carbocycles. The van der Waals surface area contributed by atoms with Gasteiger partial charge in [0.1, 0.15) is 0 Å². The molecular formula is C12H24NO3P. The zero-order chi connectivity index (χ0) is 13.1. The van der Waals surface area contributed by atoms with E-state index in [0.717, 1.165) is 13.1 Å². The van der Waals surface area contributed by atoms with Gasteiger partial charge < -0.3 is 9.05 Å². The summed E-state index contributed by atoms with van der Waals surface area (Å²) < 4.78 is 22.7. The summed E-state index contributed by atoms with van der Waals surface area (Å²) in [5.41, 5.74) is 0. The van der Waals surface area contributed by atoms with E-state index in [9.17, 15) is 4.57 Å². The van der Waals surface area contributed by atoms with E-state index in [2.05, 4.69) is 18.1 Å². The van der Waals surface area contributed by atoms with Gasteiger partial charge in [0, 0.05) is 19.6 Å². The van der Waals surface area contributed by atoms with Gasteiger partial charge in [-0.15, -0.1) is 13.2 Å². The summed E-state index contributed by atoms with van der Waals surface area (Å²) in [7, 11) is -2.93. The summed E-state index contributed by atoms with van der Waals surface area (Å²) >= 11 is 0. The van der Waals surface area contributed by atoms with Crippen LogP contribution in [0.15, 0.2) is 25.3 Å². The van der Waals surface area contributed by atoms with E-state index >= 15 is 0 Å². The van der Waals surface area contributed by atoms with Gasteiger partial charge in [0.2, 0.25) is 0 Å². The van der Waals surface area contributed by atoms with Crippen molar-refractivity contribution < 1.29 is 13.6 Å². The fourth-order valence-electron chi connectivity index (χ4n) is 1.45. The molecule has 0 amide bonds. The highest BCUT2D eigenvalue weighted by molar-refractivity contribution is 7.53. The molecule has 0 saturated heterocycles. The van der Waals surface area contributed by atoms with Crippen molar-refractivity contribution in [2.75, 3.05) is 39.0 Å². The molecule has 0 bridgehead atoms. The number of hydrogen-bond acceptors (Lipinski definition) is 4. The van der Waals surface area contributed by atoms with E-state index < -0.39 is 7.60 Å². The second-order valence-electron chi connectivity index (χ2n) is 3.51. The molecule has 0 heterocycles. The maximum atomic E-state index is 12.2. The molecule has 5 heteroatoms. The van der Waals surface area contributed by atoms with Crippen LogP contribution in [0.1, 0.15) is 13.8 Å². The van der Waals surface area contributed by atoms with Crippen LogP contribution in [0.2, 0.25) is 0 Å². The molecule has 0 fully saturated rings. The van der Waals surface area contributed by atoms with Gasteiger partial charge >= 0.3 is 7.60 Å². The Bertz CT molecular complexity index is 248. The van der Waals surface area contributed by atoms with Crippen LogP contribution in [-0.2, 0) is 13.6 Å². The summed E-state index contributed by atoms with van der Waals surface area (Å²) in [6.07, 6.45) is 4.03. The molecule has 0 saturated carbocycles. The minimum Gasteiger partial charge on any atom is -0.309 e. The van der Waals surface area contributed by atoms with Crippen LogP contribution in [0, 0.1) is 0 Å². The van der Waals surface area contributed by atoms with E-state index in [-0.39, 0.29) is 0 Å². The molecule has 0 aliphatic carbocycles. The van der Waals surface area contributed by atoms with Gasteiger partial charge in [0.15, 0.2) is 0 Å². The molecule has 0 unspecified atom stereocenters. The molecule has 0 rings (SSSR count). The Morgan fingerprint density at radius 1 is 1.12 bits per heavy atom. The van der Waals surface area contributed by atoms with Crippen molar-refractivity contribution in [1.29, 1.82) is 0 Å². The van der Waals surface area contributed by atoms with Crippen LogP contribution in [0.5, 0.6) is 0 Å². The summed E-state index contributed by atoms with van der Waals surface area (Å²) in [6, 6.07) is 0. The van der Waals surface area contributed by atoms with Crippen molar-refractivity contribution in [1.82, 2.24) is 4.90 Å². The summed E-state index contributed by atoms with van der Waals surface area (Å²) in [5, 5.41) is 0. The maximum absolute atomic E-state index is 12.2. The van der Waals surface area contributed by atoms with Crippen LogP contribution in [0.3, 0.4) is 0 Å². The van der Waals surface area contributed by atoms with E-state index in [4.69, 9.17) is 9.05 Å². The van der Waals surface area contributed by atoms with Gasteiger partial charge in [-0.05, 0) is 13.8 Å². The predicted molar refractivity (Wildman–Crippen MR) is 72.6 cm³/mol. The topological polar surface area (TPSA) is 38.8 Å². The smallest absolute Gasteiger partial charge is 0.309 e. The van der Waals surface area contributed by atoms with E-state index in [1.807, 2.05) is 26.0 Å².